The summed E-state index contributed by atoms with van der Waals surface area (Å²) in [7, 11) is 0. The molecule has 1 aliphatic carbocycles. The van der Waals surface area contributed by atoms with Gasteiger partial charge in [-0.15, -0.1) is 0 Å². The van der Waals surface area contributed by atoms with E-state index >= 15 is 0 Å². The average Bonchev–Trinajstić information content (AvgIpc) is 2.69. The molecular formula is C23H23F3N2O2. The molecule has 1 heterocycles. The molecule has 1 aliphatic heterocycles. The Labute approximate surface area is 173 Å². The van der Waals surface area contributed by atoms with E-state index in [1.807, 2.05) is 23.1 Å². The van der Waals surface area contributed by atoms with E-state index in [2.05, 4.69) is 5.32 Å². The smallest absolute Gasteiger partial charge is 0.348 e. The Morgan fingerprint density at radius 1 is 1.03 bits per heavy atom. The van der Waals surface area contributed by atoms with E-state index in [-0.39, 0.29) is 23.9 Å². The topological polar surface area (TPSA) is 49.4 Å². The summed E-state index contributed by atoms with van der Waals surface area (Å²) in [5.74, 6) is -0.0626. The van der Waals surface area contributed by atoms with Gasteiger partial charge in [0.25, 0.3) is 5.91 Å². The number of amides is 2. The van der Waals surface area contributed by atoms with Crippen molar-refractivity contribution in [2.24, 2.45) is 5.92 Å². The van der Waals surface area contributed by atoms with Crippen molar-refractivity contribution in [2.45, 2.75) is 44.8 Å². The molecule has 158 valence electrons. The van der Waals surface area contributed by atoms with E-state index < -0.39 is 17.6 Å². The molecular weight excluding hydrogens is 393 g/mol. The van der Waals surface area contributed by atoms with Crippen molar-refractivity contribution in [2.75, 3.05) is 11.4 Å². The summed E-state index contributed by atoms with van der Waals surface area (Å²) in [6, 6.07) is 9.98. The third-order valence-corrected chi connectivity index (χ3v) is 5.91. The number of benzene rings is 2. The molecule has 2 aromatic carbocycles. The van der Waals surface area contributed by atoms with E-state index in [1.165, 1.54) is 12.1 Å². The fraction of sp³-hybridized carbons (Fsp3) is 0.391. The largest absolute Gasteiger partial charge is 0.416 e. The lowest BCUT2D eigenvalue weighted by Gasteiger charge is -2.35. The lowest BCUT2D eigenvalue weighted by Crippen LogP contribution is -2.41. The molecule has 4 nitrogen and oxygen atoms in total. The standard InChI is InChI=1S/C23H23F3N2O2/c24-23(25,26)19-9-7-16(8-10-19)21(29)27-14-15-6-11-20-18(13-15)5-2-12-28(20)22(30)17-3-1-4-17/h6-11,13,17H,1-5,12,14H2,(H,27,29). The number of nitrogens with one attached hydrogen (secondary N) is 1. The van der Waals surface area contributed by atoms with Crippen molar-refractivity contribution in [3.8, 4) is 0 Å². The maximum atomic E-state index is 12.7. The molecule has 2 aliphatic rings. The molecule has 0 bridgehead atoms. The van der Waals surface area contributed by atoms with Crippen LogP contribution in [-0.2, 0) is 23.9 Å². The molecule has 1 saturated carbocycles. The lowest BCUT2D eigenvalue weighted by molar-refractivity contribution is -0.137. The van der Waals surface area contributed by atoms with Crippen LogP contribution < -0.4 is 10.2 Å². The van der Waals surface area contributed by atoms with E-state index in [9.17, 15) is 22.8 Å². The Morgan fingerprint density at radius 2 is 1.77 bits per heavy atom. The number of hydrogen-bond acceptors (Lipinski definition) is 2. The SMILES string of the molecule is O=C(NCc1ccc2c(c1)CCCN2C(=O)C1CCC1)c1ccc(C(F)(F)F)cc1. The summed E-state index contributed by atoms with van der Waals surface area (Å²) in [6.45, 7) is 1.01. The van der Waals surface area contributed by atoms with Crippen molar-refractivity contribution in [1.82, 2.24) is 5.32 Å². The maximum Gasteiger partial charge on any atom is 0.416 e. The van der Waals surface area contributed by atoms with Crippen molar-refractivity contribution < 1.29 is 22.8 Å². The number of halogens is 3. The van der Waals surface area contributed by atoms with Gasteiger partial charge in [-0.2, -0.15) is 13.2 Å². The number of fused-ring (bicyclic) bond motifs is 1. The van der Waals surface area contributed by atoms with Crippen molar-refractivity contribution >= 4 is 17.5 Å². The van der Waals surface area contributed by atoms with Crippen molar-refractivity contribution in [1.29, 1.82) is 0 Å². The molecule has 4 rings (SSSR count). The molecule has 2 amide bonds. The van der Waals surface area contributed by atoms with Gasteiger partial charge in [0.1, 0.15) is 0 Å². The normalized spacial score (nSPS) is 16.6. The highest BCUT2D eigenvalue weighted by atomic mass is 19.4. The van der Waals surface area contributed by atoms with Gasteiger partial charge in [0.15, 0.2) is 0 Å². The van der Waals surface area contributed by atoms with E-state index in [0.29, 0.717) is 0 Å². The molecule has 30 heavy (non-hydrogen) atoms. The average molecular weight is 416 g/mol. The first-order chi connectivity index (χ1) is 14.3. The molecule has 0 aromatic heterocycles. The number of carbonyl (C=O) groups excluding carboxylic acids is 2. The second kappa shape index (κ2) is 8.13. The van der Waals surface area contributed by atoms with Crippen LogP contribution in [0.5, 0.6) is 0 Å². The fourth-order valence-electron chi connectivity index (χ4n) is 3.96. The van der Waals surface area contributed by atoms with Crippen molar-refractivity contribution in [3.05, 3.63) is 64.7 Å². The third kappa shape index (κ3) is 4.20. The molecule has 0 spiro atoms. The third-order valence-electron chi connectivity index (χ3n) is 5.91. The first-order valence-corrected chi connectivity index (χ1v) is 10.2. The van der Waals surface area contributed by atoms with Gasteiger partial charge in [-0.1, -0.05) is 18.6 Å². The molecule has 0 atom stereocenters. The second-order valence-corrected chi connectivity index (χ2v) is 7.94. The van der Waals surface area contributed by atoms with Crippen LogP contribution in [0.4, 0.5) is 18.9 Å². The number of rotatable bonds is 4. The summed E-state index contributed by atoms with van der Waals surface area (Å²) >= 11 is 0. The van der Waals surface area contributed by atoms with Crippen LogP contribution in [0.15, 0.2) is 42.5 Å². The minimum atomic E-state index is -4.42. The van der Waals surface area contributed by atoms with Crippen LogP contribution >= 0.6 is 0 Å². The van der Waals surface area contributed by atoms with E-state index in [1.54, 1.807) is 0 Å². The molecule has 1 fully saturated rings. The highest BCUT2D eigenvalue weighted by Crippen LogP contribution is 2.34. The predicted molar refractivity (Wildman–Crippen MR) is 107 cm³/mol. The minimum Gasteiger partial charge on any atom is -0.348 e. The van der Waals surface area contributed by atoms with Crippen LogP contribution in [-0.4, -0.2) is 18.4 Å². The Bertz CT molecular complexity index is 950. The molecule has 2 aromatic rings. The number of aryl methyl sites for hydroxylation is 1. The zero-order chi connectivity index (χ0) is 21.3. The van der Waals surface area contributed by atoms with Crippen LogP contribution in [0.25, 0.3) is 0 Å². The quantitative estimate of drug-likeness (QED) is 0.785. The zero-order valence-corrected chi connectivity index (χ0v) is 16.5. The number of hydrogen-bond donors (Lipinski definition) is 1. The second-order valence-electron chi connectivity index (χ2n) is 7.94. The first-order valence-electron chi connectivity index (χ1n) is 10.2. The molecule has 0 unspecified atom stereocenters. The molecule has 1 N–H and O–H groups in total. The lowest BCUT2D eigenvalue weighted by atomic mass is 9.83. The van der Waals surface area contributed by atoms with Crippen molar-refractivity contribution in [3.63, 3.8) is 0 Å². The number of nitrogens with zero attached hydrogens (tertiary/aromatic N) is 1. The summed E-state index contributed by atoms with van der Waals surface area (Å²) in [5.41, 5.74) is 2.34. The summed E-state index contributed by atoms with van der Waals surface area (Å²) in [6.07, 6.45) is 0.426. The van der Waals surface area contributed by atoms with Gasteiger partial charge in [0.05, 0.1) is 5.56 Å². The summed E-state index contributed by atoms with van der Waals surface area (Å²) in [5, 5.41) is 2.75. The van der Waals surface area contributed by atoms with Gasteiger partial charge in [-0.3, -0.25) is 9.59 Å². The molecule has 0 saturated heterocycles. The van der Waals surface area contributed by atoms with Crippen LogP contribution in [0.2, 0.25) is 0 Å². The Hall–Kier alpha value is -2.83. The Balaban J connectivity index is 1.41. The van der Waals surface area contributed by atoms with Gasteiger partial charge in [0.2, 0.25) is 5.91 Å². The van der Waals surface area contributed by atoms with E-state index in [0.717, 1.165) is 67.6 Å². The number of anilines is 1. The van der Waals surface area contributed by atoms with Crippen LogP contribution in [0.1, 0.15) is 52.7 Å². The van der Waals surface area contributed by atoms with E-state index in [4.69, 9.17) is 0 Å². The summed E-state index contributed by atoms with van der Waals surface area (Å²) in [4.78, 5) is 26.9. The number of alkyl halides is 3. The highest BCUT2D eigenvalue weighted by molar-refractivity contribution is 5.96. The summed E-state index contributed by atoms with van der Waals surface area (Å²) < 4.78 is 37.9. The Kier molecular flexibility index (Phi) is 5.54. The van der Waals surface area contributed by atoms with Gasteiger partial charge in [0, 0.05) is 30.3 Å². The van der Waals surface area contributed by atoms with Gasteiger partial charge in [-0.25, -0.2) is 0 Å². The molecule has 7 heteroatoms. The van der Waals surface area contributed by atoms with Crippen LogP contribution in [0, 0.1) is 5.92 Å². The monoisotopic (exact) mass is 416 g/mol. The van der Waals surface area contributed by atoms with Gasteiger partial charge in [-0.05, 0) is 67.1 Å². The first kappa shape index (κ1) is 20.4. The fourth-order valence-corrected chi connectivity index (χ4v) is 3.96. The van der Waals surface area contributed by atoms with Gasteiger partial charge >= 0.3 is 6.18 Å². The maximum absolute atomic E-state index is 12.7. The minimum absolute atomic E-state index is 0.152. The molecule has 0 radical (unpaired) electrons. The zero-order valence-electron chi connectivity index (χ0n) is 16.5. The predicted octanol–water partition coefficient (Wildman–Crippen LogP) is 4.71. The Morgan fingerprint density at radius 3 is 2.40 bits per heavy atom. The number of carbonyl (C=O) groups is 2. The van der Waals surface area contributed by atoms with Crippen LogP contribution in [0.3, 0.4) is 0 Å². The highest BCUT2D eigenvalue weighted by Gasteiger charge is 2.32. The van der Waals surface area contributed by atoms with Gasteiger partial charge < -0.3 is 10.2 Å².